The number of anilines is 1. The second kappa shape index (κ2) is 14.2. The number of carboxylic acid groups (broad SMARTS) is 1. The molecule has 0 amide bonds. The minimum Gasteiger partial charge on any atom is -0.480 e. The molecule has 0 bridgehead atoms. The van der Waals surface area contributed by atoms with Crippen LogP contribution in [0.1, 0.15) is 56.1 Å². The van der Waals surface area contributed by atoms with Gasteiger partial charge in [0, 0.05) is 26.7 Å². The summed E-state index contributed by atoms with van der Waals surface area (Å²) in [5.41, 5.74) is 0.321. The molecule has 0 radical (unpaired) electrons. The summed E-state index contributed by atoms with van der Waals surface area (Å²) in [5.74, 6) is 5.06. The van der Waals surface area contributed by atoms with Gasteiger partial charge in [0.2, 0.25) is 0 Å². The lowest BCUT2D eigenvalue weighted by atomic mass is 9.98. The van der Waals surface area contributed by atoms with E-state index in [1.165, 1.54) is 18.4 Å². The predicted molar refractivity (Wildman–Crippen MR) is 112 cm³/mol. The quantitative estimate of drug-likeness (QED) is 0.552. The van der Waals surface area contributed by atoms with E-state index in [2.05, 4.69) is 21.9 Å². The van der Waals surface area contributed by atoms with Gasteiger partial charge in [-0.25, -0.2) is 4.79 Å². The Kier molecular flexibility index (Phi) is 14.4. The topological polar surface area (TPSA) is 84.9 Å². The SMILES string of the molecule is CC.COC.CO[C@@H](C)C(Nc1cc(C#CC(C)(C)C)sc1C=O)C(=O)O. The molecule has 27 heavy (non-hydrogen) atoms. The van der Waals surface area contributed by atoms with Crippen LogP contribution in [0, 0.1) is 17.3 Å². The Morgan fingerprint density at radius 1 is 1.30 bits per heavy atom. The molecule has 1 unspecified atom stereocenters. The third-order valence-corrected chi connectivity index (χ3v) is 3.82. The van der Waals surface area contributed by atoms with E-state index in [0.29, 0.717) is 21.7 Å². The van der Waals surface area contributed by atoms with E-state index in [4.69, 9.17) is 4.74 Å². The molecule has 0 fully saturated rings. The first-order valence-electron chi connectivity index (χ1n) is 8.64. The number of aldehydes is 1. The Morgan fingerprint density at radius 2 is 1.81 bits per heavy atom. The normalized spacial score (nSPS) is 12.0. The van der Waals surface area contributed by atoms with Crippen molar-refractivity contribution in [2.45, 2.75) is 53.7 Å². The molecule has 0 aliphatic carbocycles. The maximum Gasteiger partial charge on any atom is 0.328 e. The van der Waals surface area contributed by atoms with E-state index in [0.717, 1.165) is 0 Å². The van der Waals surface area contributed by atoms with E-state index in [1.807, 2.05) is 34.6 Å². The Balaban J connectivity index is 0. The lowest BCUT2D eigenvalue weighted by Crippen LogP contribution is -2.40. The number of nitrogens with one attached hydrogen (secondary N) is 1. The molecule has 0 saturated carbocycles. The highest BCUT2D eigenvalue weighted by molar-refractivity contribution is 7.14. The van der Waals surface area contributed by atoms with Gasteiger partial charge in [0.15, 0.2) is 12.3 Å². The number of carboxylic acids is 1. The second-order valence-electron chi connectivity index (χ2n) is 6.32. The summed E-state index contributed by atoms with van der Waals surface area (Å²) in [6.07, 6.45) is 0.159. The van der Waals surface area contributed by atoms with Crippen LogP contribution >= 0.6 is 11.3 Å². The second-order valence-corrected chi connectivity index (χ2v) is 7.40. The van der Waals surface area contributed by atoms with Gasteiger partial charge in [-0.05, 0) is 33.8 Å². The minimum atomic E-state index is -1.04. The highest BCUT2D eigenvalue weighted by Gasteiger charge is 2.26. The van der Waals surface area contributed by atoms with Crippen LogP contribution in [0.25, 0.3) is 0 Å². The van der Waals surface area contributed by atoms with Crippen LogP contribution in [-0.4, -0.2) is 50.8 Å². The number of carbonyl (C=O) groups excluding carboxylic acids is 1. The van der Waals surface area contributed by atoms with E-state index >= 15 is 0 Å². The molecule has 7 heteroatoms. The first kappa shape index (κ1) is 27.3. The Labute approximate surface area is 167 Å². The zero-order chi connectivity index (χ0) is 21.6. The van der Waals surface area contributed by atoms with Crippen molar-refractivity contribution in [2.75, 3.05) is 26.6 Å². The maximum atomic E-state index is 11.3. The number of hydrogen-bond donors (Lipinski definition) is 2. The molecule has 2 N–H and O–H groups in total. The van der Waals surface area contributed by atoms with Crippen molar-refractivity contribution in [2.24, 2.45) is 5.41 Å². The molecule has 6 nitrogen and oxygen atoms in total. The number of carbonyl (C=O) groups is 2. The average Bonchev–Trinajstić information content (AvgIpc) is 3.01. The third kappa shape index (κ3) is 11.4. The van der Waals surface area contributed by atoms with Gasteiger partial charge < -0.3 is 19.9 Å². The summed E-state index contributed by atoms with van der Waals surface area (Å²) in [7, 11) is 4.69. The lowest BCUT2D eigenvalue weighted by molar-refractivity contribution is -0.140. The highest BCUT2D eigenvalue weighted by Crippen LogP contribution is 2.27. The van der Waals surface area contributed by atoms with Crippen LogP contribution in [0.15, 0.2) is 6.07 Å². The van der Waals surface area contributed by atoms with Crippen LogP contribution in [0.4, 0.5) is 5.69 Å². The fourth-order valence-corrected chi connectivity index (χ4v) is 2.39. The molecule has 0 spiro atoms. The van der Waals surface area contributed by atoms with Crippen molar-refractivity contribution in [1.29, 1.82) is 0 Å². The molecule has 1 aromatic heterocycles. The Hall–Kier alpha value is -1.88. The van der Waals surface area contributed by atoms with E-state index in [9.17, 15) is 14.7 Å². The summed E-state index contributed by atoms with van der Waals surface area (Å²) in [6, 6.07) is 0.757. The first-order chi connectivity index (χ1) is 12.6. The zero-order valence-corrected chi connectivity index (χ0v) is 18.6. The van der Waals surface area contributed by atoms with Crippen LogP contribution < -0.4 is 5.32 Å². The largest absolute Gasteiger partial charge is 0.480 e. The minimum absolute atomic E-state index is 0.146. The maximum absolute atomic E-state index is 11.3. The van der Waals surface area contributed by atoms with Gasteiger partial charge >= 0.3 is 5.97 Å². The zero-order valence-electron chi connectivity index (χ0n) is 17.8. The summed E-state index contributed by atoms with van der Waals surface area (Å²) >= 11 is 1.24. The van der Waals surface area contributed by atoms with Crippen LogP contribution in [0.5, 0.6) is 0 Å². The Morgan fingerprint density at radius 3 is 2.19 bits per heavy atom. The summed E-state index contributed by atoms with van der Waals surface area (Å²) in [6.45, 7) is 11.6. The predicted octanol–water partition coefficient (Wildman–Crippen LogP) is 4.15. The highest BCUT2D eigenvalue weighted by atomic mass is 32.1. The monoisotopic (exact) mass is 399 g/mol. The van der Waals surface area contributed by atoms with Gasteiger partial charge in [-0.3, -0.25) is 4.79 Å². The molecule has 1 aromatic rings. The third-order valence-electron chi connectivity index (χ3n) is 2.85. The van der Waals surface area contributed by atoms with Crippen molar-refractivity contribution < 1.29 is 24.2 Å². The van der Waals surface area contributed by atoms with Gasteiger partial charge in [0.05, 0.1) is 21.5 Å². The summed E-state index contributed by atoms with van der Waals surface area (Å²) < 4.78 is 9.31. The summed E-state index contributed by atoms with van der Waals surface area (Å²) in [5, 5.41) is 12.1. The summed E-state index contributed by atoms with van der Waals surface area (Å²) in [4.78, 5) is 23.6. The fraction of sp³-hybridized carbons (Fsp3) is 0.600. The van der Waals surface area contributed by atoms with E-state index in [1.54, 1.807) is 27.2 Å². The number of hydrogen-bond acceptors (Lipinski definition) is 6. The van der Waals surface area contributed by atoms with Crippen molar-refractivity contribution in [3.05, 3.63) is 15.8 Å². The molecule has 0 aliphatic rings. The first-order valence-corrected chi connectivity index (χ1v) is 9.45. The molecule has 2 atom stereocenters. The lowest BCUT2D eigenvalue weighted by Gasteiger charge is -2.20. The number of methoxy groups -OCH3 is 2. The molecule has 0 saturated heterocycles. The van der Waals surface area contributed by atoms with Gasteiger partial charge in [-0.2, -0.15) is 0 Å². The molecule has 154 valence electrons. The van der Waals surface area contributed by atoms with Crippen LogP contribution in [-0.2, 0) is 14.3 Å². The van der Waals surface area contributed by atoms with Crippen LogP contribution in [0.2, 0.25) is 0 Å². The number of ether oxygens (including phenoxy) is 2. The molecule has 1 rings (SSSR count). The molecule has 0 aromatic carbocycles. The molecular weight excluding hydrogens is 366 g/mol. The number of thiophene rings is 1. The van der Waals surface area contributed by atoms with Gasteiger partial charge in [-0.1, -0.05) is 25.7 Å². The van der Waals surface area contributed by atoms with Gasteiger partial charge in [0.25, 0.3) is 0 Å². The van der Waals surface area contributed by atoms with Crippen molar-refractivity contribution >= 4 is 29.3 Å². The smallest absolute Gasteiger partial charge is 0.328 e. The molecule has 0 aliphatic heterocycles. The fourth-order valence-electron chi connectivity index (χ4n) is 1.60. The number of aliphatic carboxylic acids is 1. The van der Waals surface area contributed by atoms with Gasteiger partial charge in [-0.15, -0.1) is 11.3 Å². The molecular formula is C20H33NO5S. The molecule has 1 heterocycles. The number of rotatable bonds is 6. The van der Waals surface area contributed by atoms with Gasteiger partial charge in [0.1, 0.15) is 0 Å². The van der Waals surface area contributed by atoms with Crippen molar-refractivity contribution in [3.63, 3.8) is 0 Å². The average molecular weight is 400 g/mol. The van der Waals surface area contributed by atoms with E-state index < -0.39 is 18.1 Å². The standard InChI is InChI=1S/C16H21NO4S.C2H6O.C2H6/c1-10(21-5)14(15(19)20)17-12-8-11(22-13(12)9-18)6-7-16(2,3)4;1-3-2;1-2/h8-10,14,17H,1-5H3,(H,19,20);1-2H3;1-2H3/t10-,14?;;/m0../s1. The van der Waals surface area contributed by atoms with E-state index in [-0.39, 0.29) is 5.41 Å². The van der Waals surface area contributed by atoms with Crippen molar-refractivity contribution in [1.82, 2.24) is 0 Å². The Bertz CT molecular complexity index is 623. The van der Waals surface area contributed by atoms with Crippen molar-refractivity contribution in [3.8, 4) is 11.8 Å². The van der Waals surface area contributed by atoms with Crippen LogP contribution in [0.3, 0.4) is 0 Å².